The number of benzene rings is 1. The van der Waals surface area contributed by atoms with E-state index in [2.05, 4.69) is 0 Å². The zero-order valence-electron chi connectivity index (χ0n) is 7.19. The molecule has 1 rings (SSSR count). The molecule has 0 saturated heterocycles. The molecule has 0 heterocycles. The van der Waals surface area contributed by atoms with E-state index in [9.17, 15) is 4.79 Å². The lowest BCUT2D eigenvalue weighted by Crippen LogP contribution is -2.18. The Morgan fingerprint density at radius 2 is 1.77 bits per heavy atom. The van der Waals surface area contributed by atoms with E-state index in [1.54, 1.807) is 0 Å². The highest BCUT2D eigenvalue weighted by Crippen LogP contribution is 2.23. The summed E-state index contributed by atoms with van der Waals surface area (Å²) in [5.41, 5.74) is 5.91. The van der Waals surface area contributed by atoms with Gasteiger partial charge in [-0.25, -0.2) is 0 Å². The van der Waals surface area contributed by atoms with Gasteiger partial charge in [-0.15, -0.1) is 0 Å². The van der Waals surface area contributed by atoms with E-state index in [0.717, 1.165) is 0 Å². The van der Waals surface area contributed by atoms with Crippen molar-refractivity contribution in [2.24, 2.45) is 5.73 Å². The first-order valence-electron chi connectivity index (χ1n) is 3.79. The summed E-state index contributed by atoms with van der Waals surface area (Å²) in [4.78, 5) is 10.9. The first-order valence-corrected chi connectivity index (χ1v) is 3.79. The molecule has 0 aliphatic carbocycles. The van der Waals surface area contributed by atoms with E-state index in [-0.39, 0.29) is 17.3 Å². The monoisotopic (exact) mass is 181 g/mol. The summed E-state index contributed by atoms with van der Waals surface area (Å²) in [7, 11) is 0. The molecule has 1 atom stereocenters. The number of phenols is 2. The van der Waals surface area contributed by atoms with E-state index in [1.807, 2.05) is 0 Å². The van der Waals surface area contributed by atoms with Crippen LogP contribution >= 0.6 is 0 Å². The first kappa shape index (κ1) is 9.54. The van der Waals surface area contributed by atoms with Gasteiger partial charge in [0.2, 0.25) is 0 Å². The first-order chi connectivity index (χ1) is 6.00. The Kier molecular flexibility index (Phi) is 2.53. The summed E-state index contributed by atoms with van der Waals surface area (Å²) in [6.45, 7) is 1.35. The van der Waals surface area contributed by atoms with Crippen LogP contribution < -0.4 is 5.73 Å². The van der Waals surface area contributed by atoms with Gasteiger partial charge in [0.1, 0.15) is 11.5 Å². The van der Waals surface area contributed by atoms with Crippen LogP contribution in [0.5, 0.6) is 11.5 Å². The molecule has 4 nitrogen and oxygen atoms in total. The Balaban J connectivity index is 3.07. The van der Waals surface area contributed by atoms with Crippen LogP contribution in [0, 0.1) is 0 Å². The predicted molar refractivity (Wildman–Crippen MR) is 47.4 cm³/mol. The van der Waals surface area contributed by atoms with E-state index in [0.29, 0.717) is 5.56 Å². The standard InChI is InChI=1S/C9H11NO3/c1-5(11)9(10)6-2-7(12)4-8(13)3-6/h2-4,9,12-13H,10H2,1H3. The second-order valence-corrected chi connectivity index (χ2v) is 2.87. The van der Waals surface area contributed by atoms with Gasteiger partial charge < -0.3 is 15.9 Å². The summed E-state index contributed by atoms with van der Waals surface area (Å²) in [5.74, 6) is -0.427. The summed E-state index contributed by atoms with van der Waals surface area (Å²) in [5, 5.41) is 18.2. The topological polar surface area (TPSA) is 83.6 Å². The van der Waals surface area contributed by atoms with Gasteiger partial charge in [0, 0.05) is 6.07 Å². The van der Waals surface area contributed by atoms with Gasteiger partial charge in [-0.3, -0.25) is 4.79 Å². The third kappa shape index (κ3) is 2.19. The fraction of sp³-hybridized carbons (Fsp3) is 0.222. The van der Waals surface area contributed by atoms with Crippen LogP contribution in [0.25, 0.3) is 0 Å². The van der Waals surface area contributed by atoms with Gasteiger partial charge in [0.25, 0.3) is 0 Å². The highest BCUT2D eigenvalue weighted by atomic mass is 16.3. The molecule has 4 N–H and O–H groups in total. The molecule has 1 unspecified atom stereocenters. The molecule has 0 aliphatic heterocycles. The van der Waals surface area contributed by atoms with Crippen molar-refractivity contribution in [2.75, 3.05) is 0 Å². The predicted octanol–water partition coefficient (Wildman–Crippen LogP) is 0.687. The number of rotatable bonds is 2. The fourth-order valence-corrected chi connectivity index (χ4v) is 1.03. The normalized spacial score (nSPS) is 12.5. The van der Waals surface area contributed by atoms with Crippen molar-refractivity contribution in [1.82, 2.24) is 0 Å². The van der Waals surface area contributed by atoms with Gasteiger partial charge in [-0.2, -0.15) is 0 Å². The lowest BCUT2D eigenvalue weighted by Gasteiger charge is -2.08. The number of carbonyl (C=O) groups is 1. The van der Waals surface area contributed by atoms with Crippen LogP contribution in [0.15, 0.2) is 18.2 Å². The highest BCUT2D eigenvalue weighted by molar-refractivity contribution is 5.82. The second-order valence-electron chi connectivity index (χ2n) is 2.87. The molecule has 0 amide bonds. The molecule has 0 aromatic heterocycles. The zero-order chi connectivity index (χ0) is 10.0. The van der Waals surface area contributed by atoms with Gasteiger partial charge in [0.05, 0.1) is 6.04 Å². The Morgan fingerprint density at radius 3 is 2.15 bits per heavy atom. The molecule has 0 fully saturated rings. The van der Waals surface area contributed by atoms with Crippen LogP contribution in [0.4, 0.5) is 0 Å². The molecule has 13 heavy (non-hydrogen) atoms. The molecule has 1 aromatic rings. The fourth-order valence-electron chi connectivity index (χ4n) is 1.03. The van der Waals surface area contributed by atoms with Gasteiger partial charge in [0.15, 0.2) is 5.78 Å². The number of phenolic OH excluding ortho intramolecular Hbond substituents is 2. The number of hydrogen-bond donors (Lipinski definition) is 3. The molecule has 70 valence electrons. The maximum Gasteiger partial charge on any atom is 0.150 e. The Bertz CT molecular complexity index is 315. The highest BCUT2D eigenvalue weighted by Gasteiger charge is 2.12. The lowest BCUT2D eigenvalue weighted by atomic mass is 10.0. The Hall–Kier alpha value is -1.55. The minimum atomic E-state index is -0.794. The number of ketones is 1. The average Bonchev–Trinajstić information content (AvgIpc) is 2.01. The number of nitrogens with two attached hydrogens (primary N) is 1. The maximum atomic E-state index is 10.9. The SMILES string of the molecule is CC(=O)C(N)c1cc(O)cc(O)c1. The third-order valence-corrected chi connectivity index (χ3v) is 1.72. The second kappa shape index (κ2) is 3.45. The van der Waals surface area contributed by atoms with E-state index >= 15 is 0 Å². The van der Waals surface area contributed by atoms with Gasteiger partial charge in [-0.05, 0) is 24.6 Å². The van der Waals surface area contributed by atoms with Crippen molar-refractivity contribution in [3.8, 4) is 11.5 Å². The van der Waals surface area contributed by atoms with Gasteiger partial charge in [-0.1, -0.05) is 0 Å². The Labute approximate surface area is 75.6 Å². The molecule has 4 heteroatoms. The summed E-state index contributed by atoms with van der Waals surface area (Å²) >= 11 is 0. The van der Waals surface area contributed by atoms with Crippen molar-refractivity contribution < 1.29 is 15.0 Å². The van der Waals surface area contributed by atoms with Crippen LogP contribution in [0.2, 0.25) is 0 Å². The molecule has 0 saturated carbocycles. The molecule has 0 bridgehead atoms. The summed E-state index contributed by atoms with van der Waals surface area (Å²) in [6, 6.07) is 3.09. The summed E-state index contributed by atoms with van der Waals surface area (Å²) < 4.78 is 0. The van der Waals surface area contributed by atoms with Crippen LogP contribution in [-0.2, 0) is 4.79 Å². The average molecular weight is 181 g/mol. The Morgan fingerprint density at radius 1 is 1.31 bits per heavy atom. The number of hydrogen-bond acceptors (Lipinski definition) is 4. The quantitative estimate of drug-likeness (QED) is 0.626. The molecule has 0 radical (unpaired) electrons. The maximum absolute atomic E-state index is 10.9. The van der Waals surface area contributed by atoms with Crippen molar-refractivity contribution in [2.45, 2.75) is 13.0 Å². The van der Waals surface area contributed by atoms with Crippen molar-refractivity contribution in [1.29, 1.82) is 0 Å². The lowest BCUT2D eigenvalue weighted by molar-refractivity contribution is -0.118. The summed E-state index contributed by atoms with van der Waals surface area (Å²) in [6.07, 6.45) is 0. The van der Waals surface area contributed by atoms with Crippen molar-refractivity contribution in [3.05, 3.63) is 23.8 Å². The van der Waals surface area contributed by atoms with E-state index in [1.165, 1.54) is 25.1 Å². The van der Waals surface area contributed by atoms with Gasteiger partial charge >= 0.3 is 0 Å². The van der Waals surface area contributed by atoms with Crippen molar-refractivity contribution >= 4 is 5.78 Å². The number of carbonyl (C=O) groups excluding carboxylic acids is 1. The number of Topliss-reactive ketones (excluding diaryl/α,β-unsaturated/α-hetero) is 1. The minimum Gasteiger partial charge on any atom is -0.508 e. The largest absolute Gasteiger partial charge is 0.508 e. The van der Waals surface area contributed by atoms with Crippen LogP contribution in [-0.4, -0.2) is 16.0 Å². The minimum absolute atomic E-state index is 0.105. The zero-order valence-corrected chi connectivity index (χ0v) is 7.19. The third-order valence-electron chi connectivity index (χ3n) is 1.72. The number of aromatic hydroxyl groups is 2. The van der Waals surface area contributed by atoms with Crippen LogP contribution in [0.3, 0.4) is 0 Å². The van der Waals surface area contributed by atoms with Crippen LogP contribution in [0.1, 0.15) is 18.5 Å². The molecule has 0 spiro atoms. The van der Waals surface area contributed by atoms with E-state index in [4.69, 9.17) is 15.9 Å². The van der Waals surface area contributed by atoms with E-state index < -0.39 is 6.04 Å². The molecule has 1 aromatic carbocycles. The molecule has 0 aliphatic rings. The molecular weight excluding hydrogens is 170 g/mol. The smallest absolute Gasteiger partial charge is 0.150 e. The van der Waals surface area contributed by atoms with Crippen molar-refractivity contribution in [3.63, 3.8) is 0 Å². The molecular formula is C9H11NO3.